The lowest BCUT2D eigenvalue weighted by atomic mass is 10.1. The van der Waals surface area contributed by atoms with Crippen molar-refractivity contribution in [2.45, 2.75) is 6.92 Å². The van der Waals surface area contributed by atoms with E-state index >= 15 is 0 Å². The van der Waals surface area contributed by atoms with Crippen LogP contribution in [0, 0.1) is 0 Å². The van der Waals surface area contributed by atoms with E-state index in [9.17, 15) is 19.5 Å². The predicted molar refractivity (Wildman–Crippen MR) is 152 cm³/mol. The van der Waals surface area contributed by atoms with Gasteiger partial charge >= 0.3 is 5.97 Å². The first-order valence-corrected chi connectivity index (χ1v) is 12.7. The molecule has 1 aliphatic rings. The Kier molecular flexibility index (Phi) is 7.55. The number of nitrogens with zero attached hydrogens (tertiary/aromatic N) is 2. The maximum Gasteiger partial charge on any atom is 0.335 e. The van der Waals surface area contributed by atoms with Crippen LogP contribution in [0.15, 0.2) is 94.0 Å². The van der Waals surface area contributed by atoms with Crippen molar-refractivity contribution in [1.29, 1.82) is 0 Å². The van der Waals surface area contributed by atoms with Crippen LogP contribution in [0.2, 0.25) is 10.0 Å². The molecule has 0 aliphatic carbocycles. The molecule has 5 rings (SSSR count). The van der Waals surface area contributed by atoms with Crippen molar-refractivity contribution >= 4 is 58.3 Å². The molecule has 0 bridgehead atoms. The standard InChI is InChI=1S/C30H20Cl2N2O6/c1-17-22(29(36)34(33-17)20-6-4-5-19(13-20)30(37)38)15-21-10-12-27(40-21)18-9-11-24(31)23(14-18)26(35)16-39-28-8-3-2-7-25(28)32/h2-15H,16H2,1H3,(H,37,38)/b22-15-. The molecule has 1 N–H and O–H groups in total. The SMILES string of the molecule is CC1=NN(c2cccc(C(=O)O)c2)C(=O)/C1=C\c1ccc(-c2ccc(Cl)c(C(=O)COc3ccccc3Cl)c2)o1. The largest absolute Gasteiger partial charge is 0.484 e. The number of benzene rings is 3. The molecule has 10 heteroatoms. The molecule has 0 radical (unpaired) electrons. The van der Waals surface area contributed by atoms with Gasteiger partial charge in [-0.15, -0.1) is 0 Å². The molecular weight excluding hydrogens is 555 g/mol. The fourth-order valence-electron chi connectivity index (χ4n) is 4.03. The quantitative estimate of drug-likeness (QED) is 0.179. The summed E-state index contributed by atoms with van der Waals surface area (Å²) in [7, 11) is 0. The van der Waals surface area contributed by atoms with E-state index in [4.69, 9.17) is 32.4 Å². The third-order valence-electron chi connectivity index (χ3n) is 6.06. The fourth-order valence-corrected chi connectivity index (χ4v) is 4.45. The molecule has 8 nitrogen and oxygen atoms in total. The Balaban J connectivity index is 1.35. The Bertz CT molecular complexity index is 1720. The number of carboxylic acid groups (broad SMARTS) is 1. The number of Topliss-reactive ketones (excluding diaryl/α,β-unsaturated/α-hetero) is 1. The van der Waals surface area contributed by atoms with Gasteiger partial charge in [0, 0.05) is 11.1 Å². The van der Waals surface area contributed by atoms with Gasteiger partial charge in [0.1, 0.15) is 17.3 Å². The average molecular weight is 575 g/mol. The van der Waals surface area contributed by atoms with Crippen LogP contribution in [0.1, 0.15) is 33.4 Å². The van der Waals surface area contributed by atoms with E-state index < -0.39 is 11.9 Å². The number of carbonyl (C=O) groups excluding carboxylic acids is 2. The van der Waals surface area contributed by atoms with Gasteiger partial charge in [0.05, 0.1) is 32.6 Å². The van der Waals surface area contributed by atoms with Gasteiger partial charge in [0.25, 0.3) is 5.91 Å². The van der Waals surface area contributed by atoms with Crippen molar-refractivity contribution in [2.24, 2.45) is 5.10 Å². The smallest absolute Gasteiger partial charge is 0.335 e. The van der Waals surface area contributed by atoms with Crippen molar-refractivity contribution in [3.05, 3.63) is 111 Å². The molecule has 200 valence electrons. The van der Waals surface area contributed by atoms with Crippen molar-refractivity contribution in [2.75, 3.05) is 11.6 Å². The summed E-state index contributed by atoms with van der Waals surface area (Å²) in [6.07, 6.45) is 1.56. The molecule has 4 aromatic rings. The van der Waals surface area contributed by atoms with Gasteiger partial charge in [-0.25, -0.2) is 4.79 Å². The third kappa shape index (κ3) is 5.54. The number of hydrogen-bond acceptors (Lipinski definition) is 6. The van der Waals surface area contributed by atoms with Crippen molar-refractivity contribution in [3.63, 3.8) is 0 Å². The number of ether oxygens (including phenoxy) is 1. The Morgan fingerprint density at radius 3 is 2.58 bits per heavy atom. The molecule has 0 spiro atoms. The minimum absolute atomic E-state index is 0.0440. The first-order valence-electron chi connectivity index (χ1n) is 12.0. The molecule has 1 amide bonds. The summed E-state index contributed by atoms with van der Waals surface area (Å²) in [5.74, 6) is -0.628. The molecule has 40 heavy (non-hydrogen) atoms. The minimum Gasteiger partial charge on any atom is -0.484 e. The summed E-state index contributed by atoms with van der Waals surface area (Å²) in [5.41, 5.74) is 1.99. The summed E-state index contributed by atoms with van der Waals surface area (Å²) in [6.45, 7) is 1.42. The number of carboxylic acids is 1. The van der Waals surface area contributed by atoms with Gasteiger partial charge in [0.2, 0.25) is 5.78 Å². The zero-order chi connectivity index (χ0) is 28.4. The second-order valence-corrected chi connectivity index (χ2v) is 9.57. The number of furan rings is 1. The molecule has 0 saturated carbocycles. The van der Waals surface area contributed by atoms with Crippen LogP contribution >= 0.6 is 23.2 Å². The van der Waals surface area contributed by atoms with Gasteiger partial charge in [-0.05, 0) is 73.7 Å². The molecule has 2 heterocycles. The highest BCUT2D eigenvalue weighted by atomic mass is 35.5. The van der Waals surface area contributed by atoms with Crippen LogP contribution in [-0.4, -0.2) is 35.1 Å². The monoisotopic (exact) mass is 574 g/mol. The first-order chi connectivity index (χ1) is 19.2. The van der Waals surface area contributed by atoms with E-state index in [2.05, 4.69) is 5.10 Å². The van der Waals surface area contributed by atoms with Gasteiger partial charge in [-0.1, -0.05) is 41.4 Å². The normalized spacial score (nSPS) is 14.0. The summed E-state index contributed by atoms with van der Waals surface area (Å²) in [6, 6.07) is 21.1. The third-order valence-corrected chi connectivity index (χ3v) is 6.70. The van der Waals surface area contributed by atoms with Crippen LogP contribution in [0.25, 0.3) is 17.4 Å². The van der Waals surface area contributed by atoms with Crippen LogP contribution in [0.4, 0.5) is 5.69 Å². The number of para-hydroxylation sites is 1. The zero-order valence-electron chi connectivity index (χ0n) is 20.9. The Labute approximate surface area is 238 Å². The Morgan fingerprint density at radius 1 is 1.00 bits per heavy atom. The summed E-state index contributed by atoms with van der Waals surface area (Å²) in [5, 5.41) is 15.4. The molecular formula is C30H20Cl2N2O6. The highest BCUT2D eigenvalue weighted by molar-refractivity contribution is 6.34. The number of anilines is 1. The van der Waals surface area contributed by atoms with E-state index in [1.54, 1.807) is 79.7 Å². The summed E-state index contributed by atoms with van der Waals surface area (Å²) >= 11 is 12.4. The number of aromatic carboxylic acids is 1. The Hall–Kier alpha value is -4.66. The molecule has 0 atom stereocenters. The summed E-state index contributed by atoms with van der Waals surface area (Å²) < 4.78 is 11.5. The Morgan fingerprint density at radius 2 is 1.80 bits per heavy atom. The number of rotatable bonds is 8. The van der Waals surface area contributed by atoms with Gasteiger partial charge in [0.15, 0.2) is 6.61 Å². The van der Waals surface area contributed by atoms with E-state index in [-0.39, 0.29) is 28.5 Å². The van der Waals surface area contributed by atoms with Crippen molar-refractivity contribution in [1.82, 2.24) is 0 Å². The topological polar surface area (TPSA) is 109 Å². The molecule has 1 aliphatic heterocycles. The number of carbonyl (C=O) groups is 3. The number of amides is 1. The van der Waals surface area contributed by atoms with Crippen LogP contribution in [0.3, 0.4) is 0 Å². The van der Waals surface area contributed by atoms with Crippen molar-refractivity contribution < 1.29 is 28.6 Å². The van der Waals surface area contributed by atoms with Crippen LogP contribution in [-0.2, 0) is 4.79 Å². The number of hydrogen-bond donors (Lipinski definition) is 1. The average Bonchev–Trinajstić information content (AvgIpc) is 3.53. The lowest BCUT2D eigenvalue weighted by Gasteiger charge is -2.12. The van der Waals surface area contributed by atoms with E-state index in [0.29, 0.717) is 44.8 Å². The molecule has 0 unspecified atom stereocenters. The highest BCUT2D eigenvalue weighted by Gasteiger charge is 2.29. The van der Waals surface area contributed by atoms with E-state index in [0.717, 1.165) is 5.01 Å². The zero-order valence-corrected chi connectivity index (χ0v) is 22.4. The van der Waals surface area contributed by atoms with Gasteiger partial charge in [-0.3, -0.25) is 9.59 Å². The molecule has 1 aromatic heterocycles. The lowest BCUT2D eigenvalue weighted by Crippen LogP contribution is -2.21. The number of hydrazone groups is 1. The second kappa shape index (κ2) is 11.2. The van der Waals surface area contributed by atoms with Crippen LogP contribution < -0.4 is 9.75 Å². The molecule has 0 fully saturated rings. The van der Waals surface area contributed by atoms with Gasteiger partial charge in [-0.2, -0.15) is 10.1 Å². The molecule has 0 saturated heterocycles. The first kappa shape index (κ1) is 26.9. The van der Waals surface area contributed by atoms with Crippen molar-refractivity contribution in [3.8, 4) is 17.1 Å². The maximum atomic E-state index is 13.1. The second-order valence-electron chi connectivity index (χ2n) is 8.75. The number of ketones is 1. The van der Waals surface area contributed by atoms with Crippen LogP contribution in [0.5, 0.6) is 5.75 Å². The van der Waals surface area contributed by atoms with Gasteiger partial charge < -0.3 is 14.3 Å². The lowest BCUT2D eigenvalue weighted by molar-refractivity contribution is -0.114. The maximum absolute atomic E-state index is 13.1. The fraction of sp³-hybridized carbons (Fsp3) is 0.0667. The number of halogens is 2. The minimum atomic E-state index is -1.10. The highest BCUT2D eigenvalue weighted by Crippen LogP contribution is 2.30. The van der Waals surface area contributed by atoms with E-state index in [1.165, 1.54) is 12.1 Å². The molecule has 3 aromatic carbocycles. The predicted octanol–water partition coefficient (Wildman–Crippen LogP) is 7.02. The van der Waals surface area contributed by atoms with E-state index in [1.807, 2.05) is 0 Å². The summed E-state index contributed by atoms with van der Waals surface area (Å²) in [4.78, 5) is 37.3.